The Bertz CT molecular complexity index is 893. The highest BCUT2D eigenvalue weighted by molar-refractivity contribution is 9.10. The minimum atomic E-state index is -0.904. The number of aliphatic hydroxyl groups is 1. The van der Waals surface area contributed by atoms with Crippen molar-refractivity contribution >= 4 is 45.0 Å². The van der Waals surface area contributed by atoms with Gasteiger partial charge in [0.25, 0.3) is 5.91 Å². The van der Waals surface area contributed by atoms with Gasteiger partial charge < -0.3 is 5.11 Å². The van der Waals surface area contributed by atoms with E-state index in [2.05, 4.69) is 15.9 Å². The number of benzene rings is 2. The predicted molar refractivity (Wildman–Crippen MR) is 111 cm³/mol. The van der Waals surface area contributed by atoms with Crippen LogP contribution in [0, 0.1) is 0 Å². The van der Waals surface area contributed by atoms with E-state index in [1.165, 1.54) is 4.90 Å². The third kappa shape index (κ3) is 3.62. The van der Waals surface area contributed by atoms with Crippen LogP contribution in [0.15, 0.2) is 53.0 Å². The highest BCUT2D eigenvalue weighted by Crippen LogP contribution is 2.36. The summed E-state index contributed by atoms with van der Waals surface area (Å²) < 4.78 is 0.967. The first-order chi connectivity index (χ1) is 13.4. The van der Waals surface area contributed by atoms with Gasteiger partial charge in [-0.15, -0.1) is 0 Å². The molecule has 2 saturated heterocycles. The molecule has 0 aliphatic carbocycles. The molecule has 2 fully saturated rings. The molecule has 2 aromatic carbocycles. The molecule has 0 spiro atoms. The number of carbonyl (C=O) groups excluding carboxylic acids is 2. The summed E-state index contributed by atoms with van der Waals surface area (Å²) in [6.07, 6.45) is 1.21. The quantitative estimate of drug-likeness (QED) is 0.705. The van der Waals surface area contributed by atoms with Gasteiger partial charge in [0.1, 0.15) is 0 Å². The van der Waals surface area contributed by atoms with E-state index in [0.29, 0.717) is 36.6 Å². The van der Waals surface area contributed by atoms with E-state index in [4.69, 9.17) is 11.6 Å². The van der Waals surface area contributed by atoms with E-state index < -0.39 is 11.6 Å². The predicted octanol–water partition coefficient (Wildman–Crippen LogP) is 3.72. The maximum atomic E-state index is 12.9. The maximum absolute atomic E-state index is 12.9. The third-order valence-corrected chi connectivity index (χ3v) is 6.44. The molecule has 2 heterocycles. The second-order valence-corrected chi connectivity index (χ2v) is 8.69. The summed E-state index contributed by atoms with van der Waals surface area (Å²) in [5.41, 5.74) is 0.524. The summed E-state index contributed by atoms with van der Waals surface area (Å²) in [6.45, 7) is 1.12. The molecule has 2 amide bonds. The molecule has 146 valence electrons. The highest BCUT2D eigenvalue weighted by atomic mass is 79.9. The molecule has 1 N–H and O–H groups in total. The molecular formula is C21H20BrClN2O3. The van der Waals surface area contributed by atoms with Crippen LogP contribution in [-0.2, 0) is 15.2 Å². The summed E-state index contributed by atoms with van der Waals surface area (Å²) in [4.78, 5) is 28.7. The Morgan fingerprint density at radius 2 is 1.61 bits per heavy atom. The Hall–Kier alpha value is -1.73. The molecule has 0 aromatic heterocycles. The molecule has 1 atom stereocenters. The van der Waals surface area contributed by atoms with Crippen LogP contribution in [0.1, 0.15) is 24.8 Å². The molecule has 5 nitrogen and oxygen atoms in total. The zero-order valence-corrected chi connectivity index (χ0v) is 17.5. The lowest BCUT2D eigenvalue weighted by Gasteiger charge is -2.40. The molecule has 0 radical (unpaired) electrons. The average molecular weight is 464 g/mol. The van der Waals surface area contributed by atoms with Crippen molar-refractivity contribution in [3.8, 4) is 0 Å². The first-order valence-electron chi connectivity index (χ1n) is 9.22. The maximum Gasteiger partial charge on any atom is 0.251 e. The monoisotopic (exact) mass is 462 g/mol. The van der Waals surface area contributed by atoms with Crippen LogP contribution in [0.3, 0.4) is 0 Å². The normalized spacial score (nSPS) is 22.7. The molecule has 0 saturated carbocycles. The zero-order valence-electron chi connectivity index (χ0n) is 15.1. The van der Waals surface area contributed by atoms with E-state index in [1.54, 1.807) is 24.3 Å². The SMILES string of the molecule is O=C1C[C@@H](N2CCC(O)(c3ccc(Br)cc3)CC2)C(=O)N1c1ccc(Cl)cc1. The fourth-order valence-electron chi connectivity index (χ4n) is 4.02. The van der Waals surface area contributed by atoms with Crippen molar-refractivity contribution in [3.05, 3.63) is 63.6 Å². The molecule has 2 aromatic rings. The Morgan fingerprint density at radius 1 is 1.00 bits per heavy atom. The number of halogens is 2. The Morgan fingerprint density at radius 3 is 2.21 bits per heavy atom. The van der Waals surface area contributed by atoms with Crippen LogP contribution >= 0.6 is 27.5 Å². The van der Waals surface area contributed by atoms with Crippen LogP contribution < -0.4 is 4.90 Å². The topological polar surface area (TPSA) is 60.9 Å². The number of rotatable bonds is 3. The van der Waals surface area contributed by atoms with Crippen LogP contribution in [0.4, 0.5) is 5.69 Å². The highest BCUT2D eigenvalue weighted by Gasteiger charge is 2.45. The fraction of sp³-hybridized carbons (Fsp3) is 0.333. The number of anilines is 1. The second kappa shape index (κ2) is 7.59. The standard InChI is InChI=1S/C21H20BrClN2O3/c22-15-3-1-14(2-4-15)21(28)9-11-24(12-10-21)18-13-19(26)25(20(18)27)17-7-5-16(23)6-8-17/h1-8,18,28H,9-13H2/t18-/m1/s1. The summed E-state index contributed by atoms with van der Waals surface area (Å²) in [5.74, 6) is -0.410. The largest absolute Gasteiger partial charge is 0.385 e. The smallest absolute Gasteiger partial charge is 0.251 e. The van der Waals surface area contributed by atoms with Crippen LogP contribution in [0.25, 0.3) is 0 Å². The number of carbonyl (C=O) groups is 2. The van der Waals surface area contributed by atoms with Crippen molar-refractivity contribution in [2.75, 3.05) is 18.0 Å². The number of nitrogens with zero attached hydrogens (tertiary/aromatic N) is 2. The molecule has 0 unspecified atom stereocenters. The zero-order chi connectivity index (χ0) is 19.9. The van der Waals surface area contributed by atoms with Crippen molar-refractivity contribution in [1.82, 2.24) is 4.90 Å². The van der Waals surface area contributed by atoms with Gasteiger partial charge in [-0.1, -0.05) is 39.7 Å². The molecular weight excluding hydrogens is 444 g/mol. The Balaban J connectivity index is 1.46. The van der Waals surface area contributed by atoms with Gasteiger partial charge in [-0.3, -0.25) is 14.5 Å². The minimum absolute atomic E-state index is 0.165. The van der Waals surface area contributed by atoms with Crippen molar-refractivity contribution in [1.29, 1.82) is 0 Å². The van der Waals surface area contributed by atoms with Gasteiger partial charge in [0.05, 0.1) is 23.8 Å². The lowest BCUT2D eigenvalue weighted by Crippen LogP contribution is -2.49. The number of hydrogen-bond donors (Lipinski definition) is 1. The Labute approximate surface area is 177 Å². The fourth-order valence-corrected chi connectivity index (χ4v) is 4.41. The third-order valence-electron chi connectivity index (χ3n) is 5.66. The molecule has 7 heteroatoms. The van der Waals surface area contributed by atoms with Gasteiger partial charge in [0.15, 0.2) is 0 Å². The van der Waals surface area contributed by atoms with Gasteiger partial charge in [-0.2, -0.15) is 0 Å². The van der Waals surface area contributed by atoms with Crippen LogP contribution in [-0.4, -0.2) is 41.0 Å². The van der Waals surface area contributed by atoms with Gasteiger partial charge >= 0.3 is 0 Å². The van der Waals surface area contributed by atoms with E-state index >= 15 is 0 Å². The summed E-state index contributed by atoms with van der Waals surface area (Å²) in [5, 5.41) is 11.6. The molecule has 28 heavy (non-hydrogen) atoms. The van der Waals surface area contributed by atoms with E-state index in [1.807, 2.05) is 29.2 Å². The summed E-state index contributed by atoms with van der Waals surface area (Å²) >= 11 is 9.32. The van der Waals surface area contributed by atoms with Crippen molar-refractivity contribution in [2.24, 2.45) is 0 Å². The van der Waals surface area contributed by atoms with Gasteiger partial charge in [0, 0.05) is 22.6 Å². The lowest BCUT2D eigenvalue weighted by atomic mass is 9.84. The molecule has 2 aliphatic heterocycles. The van der Waals surface area contributed by atoms with Crippen molar-refractivity contribution < 1.29 is 14.7 Å². The van der Waals surface area contributed by atoms with Gasteiger partial charge in [-0.05, 0) is 54.8 Å². The number of amides is 2. The minimum Gasteiger partial charge on any atom is -0.385 e. The van der Waals surface area contributed by atoms with Crippen molar-refractivity contribution in [2.45, 2.75) is 30.9 Å². The average Bonchev–Trinajstić information content (AvgIpc) is 2.98. The summed E-state index contributed by atoms with van der Waals surface area (Å²) in [6, 6.07) is 13.9. The second-order valence-electron chi connectivity index (χ2n) is 7.34. The first-order valence-corrected chi connectivity index (χ1v) is 10.4. The first kappa shape index (κ1) is 19.6. The van der Waals surface area contributed by atoms with E-state index in [0.717, 1.165) is 10.0 Å². The van der Waals surface area contributed by atoms with Crippen LogP contribution in [0.2, 0.25) is 5.02 Å². The number of imide groups is 1. The van der Waals surface area contributed by atoms with Gasteiger partial charge in [-0.25, -0.2) is 4.90 Å². The van der Waals surface area contributed by atoms with Crippen molar-refractivity contribution in [3.63, 3.8) is 0 Å². The number of piperidine rings is 1. The molecule has 0 bridgehead atoms. The number of likely N-dealkylation sites (tertiary alicyclic amines) is 1. The molecule has 2 aliphatic rings. The lowest BCUT2D eigenvalue weighted by molar-refractivity contribution is -0.124. The van der Waals surface area contributed by atoms with Crippen LogP contribution in [0.5, 0.6) is 0 Å². The molecule has 4 rings (SSSR count). The van der Waals surface area contributed by atoms with E-state index in [-0.39, 0.29) is 18.2 Å². The Kier molecular flexibility index (Phi) is 5.31. The number of hydrogen-bond acceptors (Lipinski definition) is 4. The summed E-state index contributed by atoms with van der Waals surface area (Å²) in [7, 11) is 0. The van der Waals surface area contributed by atoms with Gasteiger partial charge in [0.2, 0.25) is 5.91 Å². The van der Waals surface area contributed by atoms with E-state index in [9.17, 15) is 14.7 Å².